The number of methoxy groups -OCH3 is 1. The SMILES string of the molecule is CCNC(c1ccc(OC)cc1F)c1cccnc1N. The third-order valence-electron chi connectivity index (χ3n) is 3.11. The maximum absolute atomic E-state index is 14.2. The van der Waals surface area contributed by atoms with E-state index < -0.39 is 0 Å². The van der Waals surface area contributed by atoms with Gasteiger partial charge in [-0.05, 0) is 18.7 Å². The second-order valence-corrected chi connectivity index (χ2v) is 4.36. The van der Waals surface area contributed by atoms with Crippen molar-refractivity contribution in [2.45, 2.75) is 13.0 Å². The molecule has 1 heterocycles. The van der Waals surface area contributed by atoms with Crippen molar-refractivity contribution >= 4 is 5.82 Å². The van der Waals surface area contributed by atoms with Crippen molar-refractivity contribution in [1.29, 1.82) is 0 Å². The van der Waals surface area contributed by atoms with Crippen LogP contribution < -0.4 is 15.8 Å². The molecule has 5 heteroatoms. The predicted octanol–water partition coefficient (Wildman–Crippen LogP) is 2.51. The maximum Gasteiger partial charge on any atom is 0.132 e. The number of nitrogen functional groups attached to an aromatic ring is 1. The number of nitrogens with two attached hydrogens (primary N) is 1. The molecule has 106 valence electrons. The highest BCUT2D eigenvalue weighted by molar-refractivity contribution is 5.46. The number of aromatic nitrogens is 1. The molecule has 0 radical (unpaired) electrons. The van der Waals surface area contributed by atoms with Crippen LogP contribution in [0.2, 0.25) is 0 Å². The molecule has 1 atom stereocenters. The van der Waals surface area contributed by atoms with E-state index in [2.05, 4.69) is 10.3 Å². The van der Waals surface area contributed by atoms with Gasteiger partial charge in [-0.25, -0.2) is 9.37 Å². The summed E-state index contributed by atoms with van der Waals surface area (Å²) in [4.78, 5) is 4.06. The van der Waals surface area contributed by atoms with Crippen molar-refractivity contribution in [3.8, 4) is 5.75 Å². The quantitative estimate of drug-likeness (QED) is 0.880. The molecule has 1 aromatic heterocycles. The van der Waals surface area contributed by atoms with E-state index in [1.807, 2.05) is 13.0 Å². The predicted molar refractivity (Wildman–Crippen MR) is 77.1 cm³/mol. The number of benzene rings is 1. The Kier molecular flexibility index (Phi) is 4.53. The van der Waals surface area contributed by atoms with Gasteiger partial charge in [-0.15, -0.1) is 0 Å². The molecule has 0 saturated heterocycles. The lowest BCUT2D eigenvalue weighted by Gasteiger charge is -2.20. The number of nitrogens with zero attached hydrogens (tertiary/aromatic N) is 1. The van der Waals surface area contributed by atoms with Crippen LogP contribution in [0.1, 0.15) is 24.1 Å². The summed E-state index contributed by atoms with van der Waals surface area (Å²) in [5.41, 5.74) is 7.18. The fraction of sp³-hybridized carbons (Fsp3) is 0.267. The first-order valence-electron chi connectivity index (χ1n) is 6.44. The third kappa shape index (κ3) is 2.88. The average molecular weight is 275 g/mol. The van der Waals surface area contributed by atoms with E-state index >= 15 is 0 Å². The van der Waals surface area contributed by atoms with Gasteiger partial charge in [0.1, 0.15) is 17.4 Å². The molecule has 2 rings (SSSR count). The van der Waals surface area contributed by atoms with E-state index in [4.69, 9.17) is 10.5 Å². The summed E-state index contributed by atoms with van der Waals surface area (Å²) in [6.07, 6.45) is 1.62. The minimum atomic E-state index is -0.335. The van der Waals surface area contributed by atoms with E-state index in [-0.39, 0.29) is 11.9 Å². The fourth-order valence-corrected chi connectivity index (χ4v) is 2.13. The largest absolute Gasteiger partial charge is 0.497 e. The van der Waals surface area contributed by atoms with Crippen LogP contribution in [0.15, 0.2) is 36.5 Å². The Morgan fingerprint density at radius 1 is 1.35 bits per heavy atom. The van der Waals surface area contributed by atoms with Gasteiger partial charge in [0.15, 0.2) is 0 Å². The number of pyridine rings is 1. The first-order valence-corrected chi connectivity index (χ1v) is 6.44. The van der Waals surface area contributed by atoms with Crippen molar-refractivity contribution in [2.75, 3.05) is 19.4 Å². The van der Waals surface area contributed by atoms with Crippen molar-refractivity contribution in [3.05, 3.63) is 53.5 Å². The average Bonchev–Trinajstić information content (AvgIpc) is 2.46. The normalized spacial score (nSPS) is 12.2. The summed E-state index contributed by atoms with van der Waals surface area (Å²) in [6, 6.07) is 8.10. The molecule has 0 amide bonds. The van der Waals surface area contributed by atoms with Crippen LogP contribution >= 0.6 is 0 Å². The van der Waals surface area contributed by atoms with E-state index in [1.165, 1.54) is 13.2 Å². The standard InChI is InChI=1S/C15H18FN3O/c1-3-18-14(12-5-4-8-19-15(12)17)11-7-6-10(20-2)9-13(11)16/h4-9,14,18H,3H2,1-2H3,(H2,17,19). The van der Waals surface area contributed by atoms with Crippen LogP contribution in [0.3, 0.4) is 0 Å². The van der Waals surface area contributed by atoms with Gasteiger partial charge >= 0.3 is 0 Å². The maximum atomic E-state index is 14.2. The number of ether oxygens (including phenoxy) is 1. The molecule has 0 spiro atoms. The van der Waals surface area contributed by atoms with E-state index in [9.17, 15) is 4.39 Å². The van der Waals surface area contributed by atoms with Crippen LogP contribution in [0.25, 0.3) is 0 Å². The summed E-state index contributed by atoms with van der Waals surface area (Å²) in [6.45, 7) is 2.64. The molecule has 0 aliphatic rings. The summed E-state index contributed by atoms with van der Waals surface area (Å²) in [5, 5.41) is 3.23. The Bertz CT molecular complexity index is 589. The molecule has 0 bridgehead atoms. The minimum Gasteiger partial charge on any atom is -0.497 e. The summed E-state index contributed by atoms with van der Waals surface area (Å²) in [5.74, 6) is 0.549. The minimum absolute atomic E-state index is 0.334. The number of rotatable bonds is 5. The first-order chi connectivity index (χ1) is 9.67. The van der Waals surface area contributed by atoms with Crippen molar-refractivity contribution in [2.24, 2.45) is 0 Å². The van der Waals surface area contributed by atoms with Gasteiger partial charge in [-0.3, -0.25) is 0 Å². The van der Waals surface area contributed by atoms with E-state index in [0.717, 1.165) is 5.56 Å². The molecule has 0 aliphatic heterocycles. The monoisotopic (exact) mass is 275 g/mol. The lowest BCUT2D eigenvalue weighted by Crippen LogP contribution is -2.24. The Morgan fingerprint density at radius 3 is 2.75 bits per heavy atom. The van der Waals surface area contributed by atoms with Crippen molar-refractivity contribution in [1.82, 2.24) is 10.3 Å². The third-order valence-corrected chi connectivity index (χ3v) is 3.11. The van der Waals surface area contributed by atoms with Gasteiger partial charge in [0.25, 0.3) is 0 Å². The Balaban J connectivity index is 2.46. The topological polar surface area (TPSA) is 60.2 Å². The molecule has 1 unspecified atom stereocenters. The molecule has 1 aromatic carbocycles. The van der Waals surface area contributed by atoms with Crippen molar-refractivity contribution in [3.63, 3.8) is 0 Å². The zero-order chi connectivity index (χ0) is 14.5. The highest BCUT2D eigenvalue weighted by Gasteiger charge is 2.20. The Labute approximate surface area is 117 Å². The molecule has 0 fully saturated rings. The number of anilines is 1. The number of halogens is 1. The molecule has 2 aromatic rings. The molecular formula is C15H18FN3O. The number of hydrogen-bond donors (Lipinski definition) is 2. The van der Waals surface area contributed by atoms with Crippen molar-refractivity contribution < 1.29 is 9.13 Å². The fourth-order valence-electron chi connectivity index (χ4n) is 2.13. The second-order valence-electron chi connectivity index (χ2n) is 4.36. The second kappa shape index (κ2) is 6.34. The Morgan fingerprint density at radius 2 is 2.15 bits per heavy atom. The van der Waals surface area contributed by atoms with Gasteiger partial charge in [0, 0.05) is 23.4 Å². The molecule has 20 heavy (non-hydrogen) atoms. The van der Waals surface area contributed by atoms with Gasteiger partial charge in [0.2, 0.25) is 0 Å². The molecule has 0 saturated carbocycles. The van der Waals surface area contributed by atoms with Gasteiger partial charge in [-0.2, -0.15) is 0 Å². The van der Waals surface area contributed by atoms with E-state index in [1.54, 1.807) is 24.4 Å². The zero-order valence-electron chi connectivity index (χ0n) is 11.6. The Hall–Kier alpha value is -2.14. The number of hydrogen-bond acceptors (Lipinski definition) is 4. The van der Waals surface area contributed by atoms with Crippen LogP contribution in [-0.2, 0) is 0 Å². The lowest BCUT2D eigenvalue weighted by molar-refractivity contribution is 0.410. The highest BCUT2D eigenvalue weighted by atomic mass is 19.1. The number of nitrogens with one attached hydrogen (secondary N) is 1. The molecule has 3 N–H and O–H groups in total. The first kappa shape index (κ1) is 14.3. The lowest BCUT2D eigenvalue weighted by atomic mass is 9.98. The van der Waals surface area contributed by atoms with E-state index in [0.29, 0.717) is 23.7 Å². The molecule has 4 nitrogen and oxygen atoms in total. The molecule has 0 aliphatic carbocycles. The highest BCUT2D eigenvalue weighted by Crippen LogP contribution is 2.29. The zero-order valence-corrected chi connectivity index (χ0v) is 11.6. The van der Waals surface area contributed by atoms with Crippen LogP contribution in [0.5, 0.6) is 5.75 Å². The van der Waals surface area contributed by atoms with Crippen LogP contribution in [0, 0.1) is 5.82 Å². The van der Waals surface area contributed by atoms with Gasteiger partial charge in [0.05, 0.1) is 13.2 Å². The molecular weight excluding hydrogens is 257 g/mol. The van der Waals surface area contributed by atoms with Gasteiger partial charge < -0.3 is 15.8 Å². The van der Waals surface area contributed by atoms with Crippen LogP contribution in [0.4, 0.5) is 10.2 Å². The van der Waals surface area contributed by atoms with Crippen LogP contribution in [-0.4, -0.2) is 18.6 Å². The summed E-state index contributed by atoms with van der Waals surface area (Å²) < 4.78 is 19.3. The summed E-state index contributed by atoms with van der Waals surface area (Å²) in [7, 11) is 1.51. The van der Waals surface area contributed by atoms with Gasteiger partial charge in [-0.1, -0.05) is 19.1 Å². The smallest absolute Gasteiger partial charge is 0.132 e. The summed E-state index contributed by atoms with van der Waals surface area (Å²) >= 11 is 0.